The molecule has 0 aliphatic carbocycles. The van der Waals surface area contributed by atoms with Crippen LogP contribution in [0.1, 0.15) is 53.4 Å². The summed E-state index contributed by atoms with van der Waals surface area (Å²) < 4.78 is 0. The summed E-state index contributed by atoms with van der Waals surface area (Å²) in [6.45, 7) is 7.95. The molecule has 82 valence electrons. The molecule has 2 nitrogen and oxygen atoms in total. The molecule has 0 aromatic heterocycles. The van der Waals surface area contributed by atoms with Crippen LogP contribution in [-0.2, 0) is 9.59 Å². The molecule has 0 spiro atoms. The number of hydrogen-bond acceptors (Lipinski definition) is 2. The van der Waals surface area contributed by atoms with E-state index in [4.69, 9.17) is 0 Å². The second kappa shape index (κ2) is 5.28. The highest BCUT2D eigenvalue weighted by Gasteiger charge is 2.35. The lowest BCUT2D eigenvalue weighted by molar-refractivity contribution is -0.122. The minimum atomic E-state index is -0.340. The van der Waals surface area contributed by atoms with E-state index in [9.17, 15) is 9.59 Å². The van der Waals surface area contributed by atoms with E-state index >= 15 is 0 Å². The fourth-order valence-corrected chi connectivity index (χ4v) is 1.76. The van der Waals surface area contributed by atoms with Gasteiger partial charge in [-0.3, -0.25) is 0 Å². The Hall–Kier alpha value is -0.660. The second-order valence-corrected chi connectivity index (χ2v) is 4.49. The van der Waals surface area contributed by atoms with Gasteiger partial charge in [-0.25, -0.2) is 0 Å². The lowest BCUT2D eigenvalue weighted by Gasteiger charge is -2.33. The molecule has 0 saturated carbocycles. The zero-order valence-corrected chi connectivity index (χ0v) is 9.80. The molecule has 0 bridgehead atoms. The van der Waals surface area contributed by atoms with E-state index in [0.29, 0.717) is 6.42 Å². The molecule has 0 aromatic carbocycles. The molecular weight excluding hydrogens is 176 g/mol. The minimum Gasteiger partial charge on any atom is -0.303 e. The summed E-state index contributed by atoms with van der Waals surface area (Å²) in [5.74, 6) is 0. The van der Waals surface area contributed by atoms with Crippen molar-refractivity contribution < 1.29 is 9.59 Å². The second-order valence-electron chi connectivity index (χ2n) is 4.49. The van der Waals surface area contributed by atoms with E-state index in [0.717, 1.165) is 31.8 Å². The molecule has 0 fully saturated rings. The molecular formula is C12H22O2. The quantitative estimate of drug-likeness (QED) is 0.589. The van der Waals surface area contributed by atoms with Gasteiger partial charge in [0.1, 0.15) is 12.6 Å². The van der Waals surface area contributed by atoms with Crippen molar-refractivity contribution in [3.63, 3.8) is 0 Å². The standard InChI is InChI=1S/C12H22O2/c1-5-11(4,9-13)8-12(6-2,7-3)10-14/h9-10H,5-8H2,1-4H3. The predicted molar refractivity (Wildman–Crippen MR) is 58.2 cm³/mol. The van der Waals surface area contributed by atoms with Crippen molar-refractivity contribution in [3.05, 3.63) is 0 Å². The number of carbonyl (C=O) groups excluding carboxylic acids is 2. The van der Waals surface area contributed by atoms with Crippen LogP contribution in [0.25, 0.3) is 0 Å². The van der Waals surface area contributed by atoms with E-state index in [1.807, 2.05) is 27.7 Å². The van der Waals surface area contributed by atoms with Crippen LogP contribution >= 0.6 is 0 Å². The molecule has 0 saturated heterocycles. The Labute approximate surface area is 87.1 Å². The summed E-state index contributed by atoms with van der Waals surface area (Å²) in [5.41, 5.74) is -0.640. The van der Waals surface area contributed by atoms with Crippen molar-refractivity contribution in [1.29, 1.82) is 0 Å². The van der Waals surface area contributed by atoms with Crippen LogP contribution in [0.4, 0.5) is 0 Å². The highest BCUT2D eigenvalue weighted by atomic mass is 16.1. The SMILES string of the molecule is CCC(C)(C=O)CC(C=O)(CC)CC. The molecule has 0 heterocycles. The first-order chi connectivity index (χ1) is 6.51. The monoisotopic (exact) mass is 198 g/mol. The predicted octanol–water partition coefficient (Wildman–Crippen LogP) is 3.00. The summed E-state index contributed by atoms with van der Waals surface area (Å²) >= 11 is 0. The molecule has 0 radical (unpaired) electrons. The molecule has 0 aliphatic rings. The average Bonchev–Trinajstić information content (AvgIpc) is 2.26. The van der Waals surface area contributed by atoms with Gasteiger partial charge in [-0.1, -0.05) is 27.7 Å². The summed E-state index contributed by atoms with van der Waals surface area (Å²) in [5, 5.41) is 0. The Morgan fingerprint density at radius 3 is 1.64 bits per heavy atom. The van der Waals surface area contributed by atoms with Crippen molar-refractivity contribution in [2.24, 2.45) is 10.8 Å². The topological polar surface area (TPSA) is 34.1 Å². The third-order valence-electron chi connectivity index (χ3n) is 3.51. The largest absolute Gasteiger partial charge is 0.303 e. The maximum Gasteiger partial charge on any atom is 0.126 e. The van der Waals surface area contributed by atoms with Crippen molar-refractivity contribution in [3.8, 4) is 0 Å². The van der Waals surface area contributed by atoms with E-state index in [1.54, 1.807) is 0 Å². The lowest BCUT2D eigenvalue weighted by atomic mass is 9.69. The third-order valence-corrected chi connectivity index (χ3v) is 3.51. The van der Waals surface area contributed by atoms with E-state index in [-0.39, 0.29) is 10.8 Å². The van der Waals surface area contributed by atoms with Gasteiger partial charge in [0.15, 0.2) is 0 Å². The Kier molecular flexibility index (Phi) is 5.03. The van der Waals surface area contributed by atoms with Gasteiger partial charge in [-0.05, 0) is 25.7 Å². The van der Waals surface area contributed by atoms with E-state index < -0.39 is 0 Å². The molecule has 1 unspecified atom stereocenters. The molecule has 0 aliphatic heterocycles. The lowest BCUT2D eigenvalue weighted by Crippen LogP contribution is -2.31. The van der Waals surface area contributed by atoms with Gasteiger partial charge < -0.3 is 9.59 Å². The molecule has 0 aromatic rings. The van der Waals surface area contributed by atoms with Crippen molar-refractivity contribution in [2.75, 3.05) is 0 Å². The molecule has 2 heteroatoms. The highest BCUT2D eigenvalue weighted by Crippen LogP contribution is 2.38. The zero-order chi connectivity index (χ0) is 11.2. The van der Waals surface area contributed by atoms with Crippen LogP contribution < -0.4 is 0 Å². The smallest absolute Gasteiger partial charge is 0.126 e. The maximum atomic E-state index is 11.1. The van der Waals surface area contributed by atoms with Crippen molar-refractivity contribution in [2.45, 2.75) is 53.4 Å². The molecule has 0 N–H and O–H groups in total. The van der Waals surface area contributed by atoms with E-state index in [1.165, 1.54) is 0 Å². The van der Waals surface area contributed by atoms with Crippen molar-refractivity contribution >= 4 is 12.6 Å². The highest BCUT2D eigenvalue weighted by molar-refractivity contribution is 5.64. The average molecular weight is 198 g/mol. The fourth-order valence-electron chi connectivity index (χ4n) is 1.76. The number of rotatable bonds is 7. The summed E-state index contributed by atoms with van der Waals surface area (Å²) in [6.07, 6.45) is 5.14. The Balaban J connectivity index is 4.73. The first-order valence-electron chi connectivity index (χ1n) is 5.44. The Bertz CT molecular complexity index is 194. The number of hydrogen-bond donors (Lipinski definition) is 0. The van der Waals surface area contributed by atoms with Gasteiger partial charge in [0.05, 0.1) is 0 Å². The normalized spacial score (nSPS) is 16.0. The third kappa shape index (κ3) is 2.93. The summed E-state index contributed by atoms with van der Waals surface area (Å²) in [4.78, 5) is 22.1. The van der Waals surface area contributed by atoms with Crippen LogP contribution in [0, 0.1) is 10.8 Å². The van der Waals surface area contributed by atoms with Gasteiger partial charge in [-0.15, -0.1) is 0 Å². The van der Waals surface area contributed by atoms with Gasteiger partial charge in [0, 0.05) is 10.8 Å². The number of carbonyl (C=O) groups is 2. The van der Waals surface area contributed by atoms with Gasteiger partial charge >= 0.3 is 0 Å². The Morgan fingerprint density at radius 2 is 1.43 bits per heavy atom. The first kappa shape index (κ1) is 13.3. The number of aldehydes is 2. The van der Waals surface area contributed by atoms with Gasteiger partial charge in [0.25, 0.3) is 0 Å². The fraction of sp³-hybridized carbons (Fsp3) is 0.833. The molecule has 14 heavy (non-hydrogen) atoms. The van der Waals surface area contributed by atoms with Crippen molar-refractivity contribution in [1.82, 2.24) is 0 Å². The molecule has 0 amide bonds. The zero-order valence-electron chi connectivity index (χ0n) is 9.80. The van der Waals surface area contributed by atoms with E-state index in [2.05, 4.69) is 0 Å². The Morgan fingerprint density at radius 1 is 0.929 bits per heavy atom. The van der Waals surface area contributed by atoms with Crippen LogP contribution in [0.15, 0.2) is 0 Å². The maximum absolute atomic E-state index is 11.1. The molecule has 0 rings (SSSR count). The van der Waals surface area contributed by atoms with Crippen LogP contribution in [-0.4, -0.2) is 12.6 Å². The van der Waals surface area contributed by atoms with Gasteiger partial charge in [0.2, 0.25) is 0 Å². The van der Waals surface area contributed by atoms with Crippen LogP contribution in [0.3, 0.4) is 0 Å². The van der Waals surface area contributed by atoms with Crippen LogP contribution in [0.2, 0.25) is 0 Å². The molecule has 1 atom stereocenters. The summed E-state index contributed by atoms with van der Waals surface area (Å²) in [6, 6.07) is 0. The first-order valence-corrected chi connectivity index (χ1v) is 5.44. The van der Waals surface area contributed by atoms with Crippen LogP contribution in [0.5, 0.6) is 0 Å². The summed E-state index contributed by atoms with van der Waals surface area (Å²) in [7, 11) is 0. The minimum absolute atomic E-state index is 0.300. The van der Waals surface area contributed by atoms with Gasteiger partial charge in [-0.2, -0.15) is 0 Å².